The first-order valence-corrected chi connectivity index (χ1v) is 7.13. The fourth-order valence-corrected chi connectivity index (χ4v) is 2.17. The lowest BCUT2D eigenvalue weighted by molar-refractivity contribution is -0.145. The lowest BCUT2D eigenvalue weighted by atomic mass is 10.1. The summed E-state index contributed by atoms with van der Waals surface area (Å²) in [5, 5.41) is 12.8. The smallest absolute Gasteiger partial charge is 0.349 e. The van der Waals surface area contributed by atoms with E-state index in [0.717, 1.165) is 0 Å². The minimum absolute atomic E-state index is 0.359. The maximum atomic E-state index is 11.6. The SMILES string of the molecule is C=CNc1cc(Cl)ccc1OC(C(=O)O)c1ccc(OC)cc1. The average Bonchev–Trinajstić information content (AvgIpc) is 2.54. The third-order valence-corrected chi connectivity index (χ3v) is 3.32. The van der Waals surface area contributed by atoms with E-state index in [2.05, 4.69) is 11.9 Å². The molecule has 0 aliphatic carbocycles. The number of ether oxygens (including phenoxy) is 2. The van der Waals surface area contributed by atoms with Crippen molar-refractivity contribution < 1.29 is 19.4 Å². The van der Waals surface area contributed by atoms with Crippen molar-refractivity contribution in [3.63, 3.8) is 0 Å². The second-order valence-corrected chi connectivity index (χ2v) is 5.03. The number of nitrogens with one attached hydrogen (secondary N) is 1. The summed E-state index contributed by atoms with van der Waals surface area (Å²) in [6.07, 6.45) is 0.300. The second-order valence-electron chi connectivity index (χ2n) is 4.60. The second kappa shape index (κ2) is 7.56. The molecule has 0 fully saturated rings. The largest absolute Gasteiger partial charge is 0.497 e. The first-order valence-electron chi connectivity index (χ1n) is 6.75. The summed E-state index contributed by atoms with van der Waals surface area (Å²) in [6.45, 7) is 3.58. The van der Waals surface area contributed by atoms with E-state index >= 15 is 0 Å². The van der Waals surface area contributed by atoms with E-state index < -0.39 is 12.1 Å². The van der Waals surface area contributed by atoms with Crippen LogP contribution in [-0.2, 0) is 4.79 Å². The molecule has 5 nitrogen and oxygen atoms in total. The predicted molar refractivity (Wildman–Crippen MR) is 89.3 cm³/mol. The van der Waals surface area contributed by atoms with Crippen molar-refractivity contribution >= 4 is 23.3 Å². The molecule has 23 heavy (non-hydrogen) atoms. The number of aliphatic carboxylic acids is 1. The maximum absolute atomic E-state index is 11.6. The van der Waals surface area contributed by atoms with Crippen molar-refractivity contribution in [2.45, 2.75) is 6.10 Å². The van der Waals surface area contributed by atoms with Crippen molar-refractivity contribution in [1.82, 2.24) is 0 Å². The molecule has 2 N–H and O–H groups in total. The molecular formula is C17H16ClNO4. The van der Waals surface area contributed by atoms with Crippen LogP contribution in [0.25, 0.3) is 0 Å². The molecule has 0 bridgehead atoms. The fraction of sp³-hybridized carbons (Fsp3) is 0.118. The Morgan fingerprint density at radius 2 is 2.00 bits per heavy atom. The molecule has 0 heterocycles. The van der Waals surface area contributed by atoms with Crippen molar-refractivity contribution in [3.05, 3.63) is 65.8 Å². The molecule has 120 valence electrons. The number of rotatable bonds is 7. The van der Waals surface area contributed by atoms with E-state index in [1.807, 2.05) is 0 Å². The summed E-state index contributed by atoms with van der Waals surface area (Å²) in [5.41, 5.74) is 1.03. The molecule has 0 saturated heterocycles. The lowest BCUT2D eigenvalue weighted by Gasteiger charge is -2.18. The normalized spacial score (nSPS) is 11.4. The van der Waals surface area contributed by atoms with Gasteiger partial charge in [-0.1, -0.05) is 30.3 Å². The molecule has 2 aromatic carbocycles. The Morgan fingerprint density at radius 1 is 1.30 bits per heavy atom. The van der Waals surface area contributed by atoms with E-state index in [4.69, 9.17) is 21.1 Å². The Labute approximate surface area is 139 Å². The van der Waals surface area contributed by atoms with Gasteiger partial charge in [0.2, 0.25) is 6.10 Å². The van der Waals surface area contributed by atoms with E-state index in [9.17, 15) is 9.90 Å². The van der Waals surface area contributed by atoms with Gasteiger partial charge >= 0.3 is 5.97 Å². The monoisotopic (exact) mass is 333 g/mol. The van der Waals surface area contributed by atoms with Crippen LogP contribution in [0.4, 0.5) is 5.69 Å². The van der Waals surface area contributed by atoms with E-state index in [1.54, 1.807) is 49.6 Å². The van der Waals surface area contributed by atoms with Gasteiger partial charge in [0, 0.05) is 10.6 Å². The Balaban J connectivity index is 2.32. The van der Waals surface area contributed by atoms with Crippen LogP contribution in [0.1, 0.15) is 11.7 Å². The summed E-state index contributed by atoms with van der Waals surface area (Å²) in [4.78, 5) is 11.6. The van der Waals surface area contributed by atoms with Gasteiger partial charge in [-0.25, -0.2) is 4.79 Å². The van der Waals surface area contributed by atoms with E-state index in [-0.39, 0.29) is 0 Å². The molecule has 0 aliphatic heterocycles. The third kappa shape index (κ3) is 4.17. The van der Waals surface area contributed by atoms with Crippen molar-refractivity contribution in [1.29, 1.82) is 0 Å². The molecular weight excluding hydrogens is 318 g/mol. The van der Waals surface area contributed by atoms with E-state index in [0.29, 0.717) is 27.8 Å². The Hall–Kier alpha value is -2.66. The van der Waals surface area contributed by atoms with Crippen molar-refractivity contribution in [3.8, 4) is 11.5 Å². The number of carboxylic acids is 1. The van der Waals surface area contributed by atoms with Gasteiger partial charge in [0.15, 0.2) is 0 Å². The summed E-state index contributed by atoms with van der Waals surface area (Å²) in [5.74, 6) is -0.106. The fourth-order valence-electron chi connectivity index (χ4n) is 1.99. The van der Waals surface area contributed by atoms with Crippen molar-refractivity contribution in [2.24, 2.45) is 0 Å². The molecule has 0 amide bonds. The number of benzene rings is 2. The quantitative estimate of drug-likeness (QED) is 0.798. The maximum Gasteiger partial charge on any atom is 0.349 e. The highest BCUT2D eigenvalue weighted by Gasteiger charge is 2.23. The van der Waals surface area contributed by atoms with Gasteiger partial charge in [0.1, 0.15) is 11.5 Å². The number of anilines is 1. The molecule has 6 heteroatoms. The topological polar surface area (TPSA) is 67.8 Å². The Kier molecular flexibility index (Phi) is 5.49. The number of hydrogen-bond acceptors (Lipinski definition) is 4. The van der Waals surface area contributed by atoms with Crippen LogP contribution in [-0.4, -0.2) is 18.2 Å². The Morgan fingerprint density at radius 3 is 2.57 bits per heavy atom. The van der Waals surface area contributed by atoms with Crippen LogP contribution in [0.15, 0.2) is 55.2 Å². The van der Waals surface area contributed by atoms with Gasteiger partial charge in [0.05, 0.1) is 12.8 Å². The number of hydrogen-bond donors (Lipinski definition) is 2. The number of halogens is 1. The molecule has 1 unspecified atom stereocenters. The lowest BCUT2D eigenvalue weighted by Crippen LogP contribution is -2.18. The van der Waals surface area contributed by atoms with Crippen LogP contribution in [0.5, 0.6) is 11.5 Å². The summed E-state index contributed by atoms with van der Waals surface area (Å²) < 4.78 is 10.7. The minimum atomic E-state index is -1.16. The summed E-state index contributed by atoms with van der Waals surface area (Å²) >= 11 is 5.94. The zero-order chi connectivity index (χ0) is 16.8. The number of methoxy groups -OCH3 is 1. The standard InChI is InChI=1S/C17H16ClNO4/c1-3-19-14-10-12(18)6-9-15(14)23-16(17(20)21)11-4-7-13(22-2)8-5-11/h3-10,16,19H,1H2,2H3,(H,20,21). The van der Waals surface area contributed by atoms with Gasteiger partial charge in [-0.2, -0.15) is 0 Å². The third-order valence-electron chi connectivity index (χ3n) is 3.09. The predicted octanol–water partition coefficient (Wildman–Crippen LogP) is 4.11. The number of carboxylic acid groups (broad SMARTS) is 1. The molecule has 2 aromatic rings. The zero-order valence-electron chi connectivity index (χ0n) is 12.5. The first kappa shape index (κ1) is 16.7. The van der Waals surface area contributed by atoms with Crippen LogP contribution in [0.3, 0.4) is 0 Å². The van der Waals surface area contributed by atoms with Gasteiger partial charge in [-0.05, 0) is 36.5 Å². The molecule has 0 radical (unpaired) electrons. The van der Waals surface area contributed by atoms with Crippen LogP contribution in [0, 0.1) is 0 Å². The number of carbonyl (C=O) groups is 1. The summed E-state index contributed by atoms with van der Waals surface area (Å²) in [7, 11) is 1.54. The Bertz CT molecular complexity index is 700. The van der Waals surface area contributed by atoms with Crippen LogP contribution >= 0.6 is 11.6 Å². The van der Waals surface area contributed by atoms with Gasteiger partial charge in [-0.15, -0.1) is 0 Å². The van der Waals surface area contributed by atoms with Crippen molar-refractivity contribution in [2.75, 3.05) is 12.4 Å². The minimum Gasteiger partial charge on any atom is -0.497 e. The molecule has 2 rings (SSSR count). The van der Waals surface area contributed by atoms with E-state index in [1.165, 1.54) is 6.20 Å². The van der Waals surface area contributed by atoms with Crippen LogP contribution in [0.2, 0.25) is 5.02 Å². The summed E-state index contributed by atoms with van der Waals surface area (Å²) in [6, 6.07) is 11.5. The molecule has 0 aliphatic rings. The molecule has 1 atom stereocenters. The molecule has 0 aromatic heterocycles. The highest BCUT2D eigenvalue weighted by molar-refractivity contribution is 6.30. The zero-order valence-corrected chi connectivity index (χ0v) is 13.2. The molecule has 0 saturated carbocycles. The highest BCUT2D eigenvalue weighted by Crippen LogP contribution is 2.32. The van der Waals surface area contributed by atoms with Gasteiger partial charge in [0.25, 0.3) is 0 Å². The van der Waals surface area contributed by atoms with Crippen LogP contribution < -0.4 is 14.8 Å². The molecule has 0 spiro atoms. The first-order chi connectivity index (χ1) is 11.0. The van der Waals surface area contributed by atoms with Gasteiger partial charge < -0.3 is 19.9 Å². The average molecular weight is 334 g/mol. The highest BCUT2D eigenvalue weighted by atomic mass is 35.5. The van der Waals surface area contributed by atoms with Gasteiger partial charge in [-0.3, -0.25) is 0 Å².